The first kappa shape index (κ1) is 10.9. The summed E-state index contributed by atoms with van der Waals surface area (Å²) >= 11 is 0. The number of fused-ring (bicyclic) bond motifs is 2. The molecule has 0 saturated carbocycles. The molecule has 0 saturated heterocycles. The minimum atomic E-state index is 0.0183. The average Bonchev–Trinajstić information content (AvgIpc) is 2.36. The standard InChI is InChI=1S/C16H12O2/c1-9-13-5-3-12(18)8-16(13)10(2)14-6-4-11(17)7-15(9)14/h3-8H,1-2H3. The molecule has 88 valence electrons. The highest BCUT2D eigenvalue weighted by Crippen LogP contribution is 2.13. The minimum absolute atomic E-state index is 0.0183. The number of hydrogen-bond acceptors (Lipinski definition) is 2. The first-order valence-corrected chi connectivity index (χ1v) is 5.88. The van der Waals surface area contributed by atoms with Crippen molar-refractivity contribution in [3.8, 4) is 0 Å². The van der Waals surface area contributed by atoms with Gasteiger partial charge < -0.3 is 0 Å². The molecule has 0 unspecified atom stereocenters. The van der Waals surface area contributed by atoms with Gasteiger partial charge in [0, 0.05) is 0 Å². The summed E-state index contributed by atoms with van der Waals surface area (Å²) in [4.78, 5) is 23.0. The number of hydrogen-bond donors (Lipinski definition) is 0. The molecule has 2 aliphatic rings. The Morgan fingerprint density at radius 2 is 1.06 bits per heavy atom. The van der Waals surface area contributed by atoms with Crippen LogP contribution in [0.15, 0.2) is 12.2 Å². The number of carbonyl (C=O) groups is 2. The second-order valence-electron chi connectivity index (χ2n) is 4.66. The quantitative estimate of drug-likeness (QED) is 0.675. The number of rotatable bonds is 0. The van der Waals surface area contributed by atoms with Gasteiger partial charge in [-0.05, 0) is 70.8 Å². The van der Waals surface area contributed by atoms with Crippen molar-refractivity contribution < 1.29 is 9.59 Å². The average molecular weight is 236 g/mol. The van der Waals surface area contributed by atoms with Crippen LogP contribution in [0.1, 0.15) is 22.3 Å². The summed E-state index contributed by atoms with van der Waals surface area (Å²) in [6.07, 6.45) is 10.2. The molecule has 2 heteroatoms. The van der Waals surface area contributed by atoms with Gasteiger partial charge in [0.15, 0.2) is 11.6 Å². The van der Waals surface area contributed by atoms with Crippen LogP contribution in [0.3, 0.4) is 0 Å². The van der Waals surface area contributed by atoms with Crippen LogP contribution in [0.4, 0.5) is 0 Å². The Hall–Kier alpha value is -2.22. The highest BCUT2D eigenvalue weighted by molar-refractivity contribution is 6.18. The van der Waals surface area contributed by atoms with E-state index in [1.165, 1.54) is 0 Å². The fourth-order valence-corrected chi connectivity index (χ4v) is 2.61. The van der Waals surface area contributed by atoms with Gasteiger partial charge in [0.25, 0.3) is 0 Å². The van der Waals surface area contributed by atoms with E-state index in [0.29, 0.717) is 0 Å². The highest BCUT2D eigenvalue weighted by atomic mass is 16.1. The van der Waals surface area contributed by atoms with Crippen molar-refractivity contribution in [3.05, 3.63) is 44.8 Å². The lowest BCUT2D eigenvalue weighted by Gasteiger charge is -2.15. The molecule has 0 bridgehead atoms. The van der Waals surface area contributed by atoms with Crippen molar-refractivity contribution in [2.45, 2.75) is 13.8 Å². The van der Waals surface area contributed by atoms with Crippen molar-refractivity contribution >= 4 is 35.9 Å². The number of carbonyl (C=O) groups excluding carboxylic acids is 2. The van der Waals surface area contributed by atoms with Crippen molar-refractivity contribution in [2.75, 3.05) is 0 Å². The smallest absolute Gasteiger partial charge is 0.179 e. The van der Waals surface area contributed by atoms with Gasteiger partial charge in [0.2, 0.25) is 0 Å². The van der Waals surface area contributed by atoms with Crippen LogP contribution in [0.25, 0.3) is 24.3 Å². The molecule has 0 fully saturated rings. The Bertz CT molecular complexity index is 707. The molecule has 0 radical (unpaired) electrons. The molecule has 3 rings (SSSR count). The largest absolute Gasteiger partial charge is 0.290 e. The maximum absolute atomic E-state index is 11.5. The topological polar surface area (TPSA) is 34.1 Å². The van der Waals surface area contributed by atoms with Crippen molar-refractivity contribution in [2.24, 2.45) is 0 Å². The van der Waals surface area contributed by atoms with Crippen LogP contribution >= 0.6 is 0 Å². The molecule has 0 amide bonds. The van der Waals surface area contributed by atoms with E-state index in [4.69, 9.17) is 0 Å². The van der Waals surface area contributed by atoms with E-state index in [-0.39, 0.29) is 11.6 Å². The van der Waals surface area contributed by atoms with Crippen LogP contribution < -0.4 is 10.4 Å². The summed E-state index contributed by atoms with van der Waals surface area (Å²) in [7, 11) is 0. The third kappa shape index (κ3) is 1.42. The lowest BCUT2D eigenvalue weighted by atomic mass is 9.88. The Balaban J connectivity index is 2.55. The molecule has 2 nitrogen and oxygen atoms in total. The second kappa shape index (κ2) is 3.64. The first-order valence-electron chi connectivity index (χ1n) is 5.88. The van der Waals surface area contributed by atoms with E-state index in [0.717, 1.165) is 32.7 Å². The van der Waals surface area contributed by atoms with E-state index in [1.54, 1.807) is 24.3 Å². The summed E-state index contributed by atoms with van der Waals surface area (Å²) in [5, 5.41) is 1.96. The predicted molar refractivity (Wildman–Crippen MR) is 72.2 cm³/mol. The second-order valence-corrected chi connectivity index (χ2v) is 4.66. The highest BCUT2D eigenvalue weighted by Gasteiger charge is 2.14. The maximum atomic E-state index is 11.5. The van der Waals surface area contributed by atoms with E-state index < -0.39 is 0 Å². The Morgan fingerprint density at radius 1 is 0.667 bits per heavy atom. The van der Waals surface area contributed by atoms with Gasteiger partial charge in [-0.2, -0.15) is 0 Å². The lowest BCUT2D eigenvalue weighted by Crippen LogP contribution is -2.28. The van der Waals surface area contributed by atoms with Gasteiger partial charge in [-0.3, -0.25) is 9.59 Å². The molecule has 2 aliphatic carbocycles. The molecule has 0 spiro atoms. The summed E-state index contributed by atoms with van der Waals surface area (Å²) in [6, 6.07) is 0. The van der Waals surface area contributed by atoms with E-state index in [2.05, 4.69) is 0 Å². The van der Waals surface area contributed by atoms with E-state index >= 15 is 0 Å². The van der Waals surface area contributed by atoms with Gasteiger partial charge >= 0.3 is 0 Å². The number of benzene rings is 1. The van der Waals surface area contributed by atoms with Gasteiger partial charge in [0.1, 0.15) is 0 Å². The molecule has 1 aromatic rings. The molecule has 0 N–H and O–H groups in total. The summed E-state index contributed by atoms with van der Waals surface area (Å²) in [5.41, 5.74) is 4.21. The first-order chi connectivity index (χ1) is 8.58. The molecule has 1 aromatic carbocycles. The minimum Gasteiger partial charge on any atom is -0.290 e. The van der Waals surface area contributed by atoms with Crippen LogP contribution in [-0.2, 0) is 9.59 Å². The summed E-state index contributed by atoms with van der Waals surface area (Å²) in [5.74, 6) is 0.0367. The number of ketones is 2. The predicted octanol–water partition coefficient (Wildman–Crippen LogP) is 1.06. The molecular weight excluding hydrogens is 224 g/mol. The fourth-order valence-electron chi connectivity index (χ4n) is 2.61. The van der Waals surface area contributed by atoms with Crippen LogP contribution in [0.5, 0.6) is 0 Å². The van der Waals surface area contributed by atoms with Gasteiger partial charge in [-0.1, -0.05) is 12.2 Å². The van der Waals surface area contributed by atoms with Gasteiger partial charge in [-0.15, -0.1) is 0 Å². The zero-order valence-corrected chi connectivity index (χ0v) is 10.3. The molecule has 0 aromatic heterocycles. The van der Waals surface area contributed by atoms with Crippen molar-refractivity contribution in [1.82, 2.24) is 0 Å². The van der Waals surface area contributed by atoms with Crippen LogP contribution in [-0.4, -0.2) is 11.6 Å². The normalized spacial score (nSPS) is 15.9. The lowest BCUT2D eigenvalue weighted by molar-refractivity contribution is -0.110. The molecule has 0 atom stereocenters. The van der Waals surface area contributed by atoms with Gasteiger partial charge in [-0.25, -0.2) is 0 Å². The zero-order valence-electron chi connectivity index (χ0n) is 10.3. The molecule has 18 heavy (non-hydrogen) atoms. The summed E-state index contributed by atoms with van der Waals surface area (Å²) in [6.45, 7) is 3.99. The summed E-state index contributed by atoms with van der Waals surface area (Å²) < 4.78 is 0. The SMILES string of the molecule is Cc1c2c(c(C)c3c1=CC(=O)C=C3)=CC(=O)C=C2. The van der Waals surface area contributed by atoms with Crippen LogP contribution in [0, 0.1) is 13.8 Å². The third-order valence-corrected chi connectivity index (χ3v) is 3.60. The van der Waals surface area contributed by atoms with Gasteiger partial charge in [0.05, 0.1) is 0 Å². The monoisotopic (exact) mass is 236 g/mol. The Morgan fingerprint density at radius 3 is 1.44 bits per heavy atom. The Kier molecular flexibility index (Phi) is 2.20. The Labute approximate surface area is 105 Å². The fraction of sp³-hybridized carbons (Fsp3) is 0.125. The van der Waals surface area contributed by atoms with E-state index in [9.17, 15) is 9.59 Å². The van der Waals surface area contributed by atoms with E-state index in [1.807, 2.05) is 26.0 Å². The zero-order chi connectivity index (χ0) is 12.9. The third-order valence-electron chi connectivity index (χ3n) is 3.60. The number of allylic oxidation sites excluding steroid dienone is 2. The van der Waals surface area contributed by atoms with Crippen molar-refractivity contribution in [3.63, 3.8) is 0 Å². The maximum Gasteiger partial charge on any atom is 0.179 e. The molecule has 0 heterocycles. The van der Waals surface area contributed by atoms with Crippen molar-refractivity contribution in [1.29, 1.82) is 0 Å². The van der Waals surface area contributed by atoms with Crippen LogP contribution in [0.2, 0.25) is 0 Å². The molecule has 0 aliphatic heterocycles. The molecular formula is C16H12O2.